The highest BCUT2D eigenvalue weighted by molar-refractivity contribution is 5.37. The van der Waals surface area contributed by atoms with Gasteiger partial charge in [-0.25, -0.2) is 0 Å². The van der Waals surface area contributed by atoms with Gasteiger partial charge in [-0.3, -0.25) is 4.79 Å². The van der Waals surface area contributed by atoms with Gasteiger partial charge >= 0.3 is 0 Å². The van der Waals surface area contributed by atoms with Crippen LogP contribution >= 0.6 is 0 Å². The largest absolute Gasteiger partial charge is 0.462 e. The molecular formula is C8H18N2O2. The molecular weight excluding hydrogens is 156 g/mol. The van der Waals surface area contributed by atoms with E-state index >= 15 is 0 Å². The lowest BCUT2D eigenvalue weighted by Crippen LogP contribution is -2.17. The van der Waals surface area contributed by atoms with Crippen LogP contribution in [0.5, 0.6) is 0 Å². The minimum absolute atomic E-state index is 0.318. The SMILES string of the molecule is C1CNCN1.CC(C)(C)OC=O. The van der Waals surface area contributed by atoms with E-state index in [0.29, 0.717) is 6.47 Å². The molecule has 0 spiro atoms. The van der Waals surface area contributed by atoms with Crippen molar-refractivity contribution in [2.24, 2.45) is 0 Å². The second-order valence-corrected chi connectivity index (χ2v) is 3.50. The average Bonchev–Trinajstić information content (AvgIpc) is 2.38. The topological polar surface area (TPSA) is 50.4 Å². The number of carbonyl (C=O) groups excluding carboxylic acids is 1. The van der Waals surface area contributed by atoms with Crippen LogP contribution in [0.3, 0.4) is 0 Å². The lowest BCUT2D eigenvalue weighted by Gasteiger charge is -2.14. The zero-order valence-electron chi connectivity index (χ0n) is 8.02. The third kappa shape index (κ3) is 9.39. The second-order valence-electron chi connectivity index (χ2n) is 3.50. The van der Waals surface area contributed by atoms with Gasteiger partial charge in [0, 0.05) is 19.8 Å². The molecule has 0 amide bonds. The Labute approximate surface area is 73.7 Å². The number of ether oxygens (including phenoxy) is 1. The first kappa shape index (κ1) is 11.4. The predicted molar refractivity (Wildman–Crippen MR) is 47.8 cm³/mol. The molecule has 0 unspecified atom stereocenters. The quantitative estimate of drug-likeness (QED) is 0.553. The van der Waals surface area contributed by atoms with Gasteiger partial charge in [0.1, 0.15) is 5.60 Å². The molecule has 1 rings (SSSR count). The van der Waals surface area contributed by atoms with Crippen LogP contribution in [0.25, 0.3) is 0 Å². The summed E-state index contributed by atoms with van der Waals surface area (Å²) < 4.78 is 4.55. The third-order valence-electron chi connectivity index (χ3n) is 1.13. The number of rotatable bonds is 1. The molecule has 0 aromatic carbocycles. The van der Waals surface area contributed by atoms with Crippen LogP contribution < -0.4 is 10.6 Å². The zero-order chi connectivity index (χ0) is 9.45. The summed E-state index contributed by atoms with van der Waals surface area (Å²) in [6.07, 6.45) is 0. The average molecular weight is 174 g/mol. The molecule has 72 valence electrons. The van der Waals surface area contributed by atoms with Crippen molar-refractivity contribution in [2.75, 3.05) is 19.8 Å². The predicted octanol–water partition coefficient (Wildman–Crippen LogP) is 0.0946. The molecule has 1 heterocycles. The molecule has 1 saturated heterocycles. The van der Waals surface area contributed by atoms with E-state index in [9.17, 15) is 4.79 Å². The Bertz CT molecular complexity index is 109. The molecule has 12 heavy (non-hydrogen) atoms. The monoisotopic (exact) mass is 174 g/mol. The molecule has 1 aliphatic rings. The molecule has 1 fully saturated rings. The van der Waals surface area contributed by atoms with Crippen molar-refractivity contribution in [1.29, 1.82) is 0 Å². The minimum atomic E-state index is -0.318. The lowest BCUT2D eigenvalue weighted by atomic mass is 10.2. The summed E-state index contributed by atoms with van der Waals surface area (Å²) in [4.78, 5) is 9.60. The van der Waals surface area contributed by atoms with E-state index in [2.05, 4.69) is 15.4 Å². The fourth-order valence-corrected chi connectivity index (χ4v) is 0.586. The molecule has 2 N–H and O–H groups in total. The number of hydrogen-bond acceptors (Lipinski definition) is 4. The van der Waals surface area contributed by atoms with Crippen LogP contribution in [-0.4, -0.2) is 31.8 Å². The molecule has 0 radical (unpaired) electrons. The van der Waals surface area contributed by atoms with Gasteiger partial charge in [-0.05, 0) is 20.8 Å². The summed E-state index contributed by atoms with van der Waals surface area (Å²) >= 11 is 0. The van der Waals surface area contributed by atoms with Gasteiger partial charge < -0.3 is 15.4 Å². The van der Waals surface area contributed by atoms with Gasteiger partial charge in [-0.1, -0.05) is 0 Å². The highest BCUT2D eigenvalue weighted by Gasteiger charge is 2.07. The third-order valence-corrected chi connectivity index (χ3v) is 1.13. The van der Waals surface area contributed by atoms with E-state index in [0.717, 1.165) is 19.8 Å². The smallest absolute Gasteiger partial charge is 0.293 e. The first-order chi connectivity index (χ1) is 5.56. The molecule has 4 heteroatoms. The van der Waals surface area contributed by atoms with E-state index in [1.807, 2.05) is 20.8 Å². The number of nitrogens with one attached hydrogen (secondary N) is 2. The standard InChI is InChI=1S/C5H10O2.C3H8N2/c1-5(2,3)7-4-6;1-2-5-3-4-1/h4H,1-3H3;4-5H,1-3H2. The Balaban J connectivity index is 0.000000211. The number of hydrogen-bond donors (Lipinski definition) is 2. The maximum Gasteiger partial charge on any atom is 0.293 e. The Morgan fingerprint density at radius 2 is 1.75 bits per heavy atom. The molecule has 0 aromatic rings. The van der Waals surface area contributed by atoms with Crippen molar-refractivity contribution in [3.63, 3.8) is 0 Å². The second kappa shape index (κ2) is 5.97. The van der Waals surface area contributed by atoms with Crippen molar-refractivity contribution >= 4 is 6.47 Å². The van der Waals surface area contributed by atoms with Crippen LogP contribution in [0.2, 0.25) is 0 Å². The van der Waals surface area contributed by atoms with Gasteiger partial charge in [0.05, 0.1) is 0 Å². The first-order valence-corrected chi connectivity index (χ1v) is 4.09. The molecule has 4 nitrogen and oxygen atoms in total. The highest BCUT2D eigenvalue weighted by Crippen LogP contribution is 2.02. The molecule has 0 atom stereocenters. The van der Waals surface area contributed by atoms with Crippen molar-refractivity contribution in [3.05, 3.63) is 0 Å². The van der Waals surface area contributed by atoms with E-state index < -0.39 is 0 Å². The molecule has 0 aliphatic carbocycles. The lowest BCUT2D eigenvalue weighted by molar-refractivity contribution is -0.138. The number of carbonyl (C=O) groups is 1. The van der Waals surface area contributed by atoms with Gasteiger partial charge in [-0.2, -0.15) is 0 Å². The minimum Gasteiger partial charge on any atom is -0.462 e. The normalized spacial score (nSPS) is 16.2. The molecule has 0 aromatic heterocycles. The van der Waals surface area contributed by atoms with Crippen molar-refractivity contribution in [2.45, 2.75) is 26.4 Å². The van der Waals surface area contributed by atoms with Crippen molar-refractivity contribution in [3.8, 4) is 0 Å². The van der Waals surface area contributed by atoms with E-state index in [4.69, 9.17) is 0 Å². The Morgan fingerprint density at radius 1 is 1.25 bits per heavy atom. The van der Waals surface area contributed by atoms with Crippen LogP contribution in [-0.2, 0) is 9.53 Å². The van der Waals surface area contributed by atoms with E-state index in [1.54, 1.807) is 0 Å². The van der Waals surface area contributed by atoms with Crippen LogP contribution in [0.1, 0.15) is 20.8 Å². The van der Waals surface area contributed by atoms with Gasteiger partial charge in [0.25, 0.3) is 6.47 Å². The fourth-order valence-electron chi connectivity index (χ4n) is 0.586. The van der Waals surface area contributed by atoms with Crippen LogP contribution in [0.15, 0.2) is 0 Å². The van der Waals surface area contributed by atoms with Crippen molar-refractivity contribution in [1.82, 2.24) is 10.6 Å². The Morgan fingerprint density at radius 3 is 1.83 bits per heavy atom. The van der Waals surface area contributed by atoms with E-state index in [-0.39, 0.29) is 5.60 Å². The maximum atomic E-state index is 9.60. The summed E-state index contributed by atoms with van der Waals surface area (Å²) in [5.41, 5.74) is -0.318. The van der Waals surface area contributed by atoms with Gasteiger partial charge in [0.2, 0.25) is 0 Å². The summed E-state index contributed by atoms with van der Waals surface area (Å²) in [6.45, 7) is 9.20. The van der Waals surface area contributed by atoms with E-state index in [1.165, 1.54) is 0 Å². The molecule has 1 aliphatic heterocycles. The Hall–Kier alpha value is -0.610. The highest BCUT2D eigenvalue weighted by atomic mass is 16.5. The van der Waals surface area contributed by atoms with Crippen molar-refractivity contribution < 1.29 is 9.53 Å². The first-order valence-electron chi connectivity index (χ1n) is 4.09. The molecule has 0 saturated carbocycles. The summed E-state index contributed by atoms with van der Waals surface area (Å²) in [5.74, 6) is 0. The van der Waals surface area contributed by atoms with Gasteiger partial charge in [0.15, 0.2) is 0 Å². The fraction of sp³-hybridized carbons (Fsp3) is 0.875. The van der Waals surface area contributed by atoms with Crippen LogP contribution in [0, 0.1) is 0 Å². The summed E-state index contributed by atoms with van der Waals surface area (Å²) in [7, 11) is 0. The zero-order valence-corrected chi connectivity index (χ0v) is 8.02. The summed E-state index contributed by atoms with van der Waals surface area (Å²) in [6, 6.07) is 0. The maximum absolute atomic E-state index is 9.60. The van der Waals surface area contributed by atoms with Crippen LogP contribution in [0.4, 0.5) is 0 Å². The Kier molecular flexibility index (Phi) is 5.66. The molecule has 0 bridgehead atoms. The van der Waals surface area contributed by atoms with Gasteiger partial charge in [-0.15, -0.1) is 0 Å². The summed E-state index contributed by atoms with van der Waals surface area (Å²) in [5, 5.41) is 6.22.